The molecule has 1 aliphatic heterocycles. The second-order valence-electron chi connectivity index (χ2n) is 7.15. The minimum Gasteiger partial charge on any atom is -0.497 e. The predicted molar refractivity (Wildman–Crippen MR) is 112 cm³/mol. The first kappa shape index (κ1) is 19.6. The van der Waals surface area contributed by atoms with Crippen LogP contribution in [0.2, 0.25) is 0 Å². The molecule has 1 aliphatic rings. The van der Waals surface area contributed by atoms with Gasteiger partial charge in [-0.25, -0.2) is 9.07 Å². The van der Waals surface area contributed by atoms with E-state index in [0.29, 0.717) is 22.1 Å². The number of amides is 1. The van der Waals surface area contributed by atoms with E-state index in [9.17, 15) is 9.18 Å². The van der Waals surface area contributed by atoms with Crippen LogP contribution in [-0.4, -0.2) is 53.9 Å². The molecule has 1 amide bonds. The van der Waals surface area contributed by atoms with Gasteiger partial charge in [-0.05, 0) is 50.5 Å². The second kappa shape index (κ2) is 8.34. The fraction of sp³-hybridized carbons (Fsp3) is 0.333. The van der Waals surface area contributed by atoms with E-state index in [1.165, 1.54) is 30.6 Å². The van der Waals surface area contributed by atoms with Crippen molar-refractivity contribution in [1.82, 2.24) is 14.7 Å². The Hall–Kier alpha value is -2.71. The molecule has 0 bridgehead atoms. The Balaban J connectivity index is 1.68. The fourth-order valence-corrected chi connectivity index (χ4v) is 4.27. The Kier molecular flexibility index (Phi) is 5.64. The van der Waals surface area contributed by atoms with E-state index >= 15 is 0 Å². The SMILES string of the molecule is COc1cc(F)cc(-n2ccc(N(C(=O)c3cccs3)C3CCN(C)CC3)n2)c1. The largest absolute Gasteiger partial charge is 0.497 e. The number of carbonyl (C=O) groups is 1. The van der Waals surface area contributed by atoms with E-state index in [0.717, 1.165) is 25.9 Å². The summed E-state index contributed by atoms with van der Waals surface area (Å²) in [4.78, 5) is 18.0. The molecule has 1 aromatic carbocycles. The minimum atomic E-state index is -0.404. The van der Waals surface area contributed by atoms with Gasteiger partial charge >= 0.3 is 0 Å². The lowest BCUT2D eigenvalue weighted by atomic mass is 10.0. The number of methoxy groups -OCH3 is 1. The Morgan fingerprint density at radius 1 is 1.28 bits per heavy atom. The Morgan fingerprint density at radius 2 is 2.07 bits per heavy atom. The number of hydrogen-bond acceptors (Lipinski definition) is 5. The third-order valence-electron chi connectivity index (χ3n) is 5.18. The van der Waals surface area contributed by atoms with Gasteiger partial charge in [-0.15, -0.1) is 16.4 Å². The fourth-order valence-electron chi connectivity index (χ4n) is 3.61. The molecule has 0 unspecified atom stereocenters. The average Bonchev–Trinajstić information content (AvgIpc) is 3.41. The van der Waals surface area contributed by atoms with E-state index in [2.05, 4.69) is 17.0 Å². The third kappa shape index (κ3) is 4.18. The first-order chi connectivity index (χ1) is 14.0. The van der Waals surface area contributed by atoms with Crippen molar-refractivity contribution in [1.29, 1.82) is 0 Å². The summed E-state index contributed by atoms with van der Waals surface area (Å²) in [6.45, 7) is 1.86. The summed E-state index contributed by atoms with van der Waals surface area (Å²) in [5, 5.41) is 6.51. The van der Waals surface area contributed by atoms with Gasteiger partial charge in [-0.3, -0.25) is 9.69 Å². The van der Waals surface area contributed by atoms with Crippen LogP contribution in [0.4, 0.5) is 10.2 Å². The van der Waals surface area contributed by atoms with E-state index in [1.807, 2.05) is 17.5 Å². The lowest BCUT2D eigenvalue weighted by Crippen LogP contribution is -2.47. The number of nitrogens with zero attached hydrogens (tertiary/aromatic N) is 4. The zero-order valence-electron chi connectivity index (χ0n) is 16.4. The van der Waals surface area contributed by atoms with Crippen LogP contribution in [-0.2, 0) is 0 Å². The van der Waals surface area contributed by atoms with Crippen LogP contribution in [0.3, 0.4) is 0 Å². The molecular weight excluding hydrogens is 391 g/mol. The smallest absolute Gasteiger partial charge is 0.269 e. The monoisotopic (exact) mass is 414 g/mol. The molecule has 2 aromatic heterocycles. The van der Waals surface area contributed by atoms with Gasteiger partial charge in [-0.1, -0.05) is 6.07 Å². The molecule has 4 rings (SSSR count). The molecule has 0 saturated carbocycles. The van der Waals surface area contributed by atoms with Gasteiger partial charge in [0.25, 0.3) is 5.91 Å². The zero-order valence-corrected chi connectivity index (χ0v) is 17.2. The topological polar surface area (TPSA) is 50.6 Å². The van der Waals surface area contributed by atoms with Crippen LogP contribution in [0.25, 0.3) is 5.69 Å². The first-order valence-electron chi connectivity index (χ1n) is 9.51. The highest BCUT2D eigenvalue weighted by Crippen LogP contribution is 2.27. The van der Waals surface area contributed by atoms with E-state index < -0.39 is 5.82 Å². The molecule has 29 heavy (non-hydrogen) atoms. The molecule has 0 radical (unpaired) electrons. The number of benzene rings is 1. The molecule has 152 valence electrons. The molecule has 0 N–H and O–H groups in total. The number of likely N-dealkylation sites (tertiary alicyclic amines) is 1. The van der Waals surface area contributed by atoms with E-state index in [4.69, 9.17) is 4.74 Å². The van der Waals surface area contributed by atoms with Gasteiger partial charge < -0.3 is 9.64 Å². The quantitative estimate of drug-likeness (QED) is 0.637. The lowest BCUT2D eigenvalue weighted by molar-refractivity contribution is 0.0966. The predicted octanol–water partition coefficient (Wildman–Crippen LogP) is 3.82. The van der Waals surface area contributed by atoms with Gasteiger partial charge in [0.15, 0.2) is 5.82 Å². The molecule has 6 nitrogen and oxygen atoms in total. The van der Waals surface area contributed by atoms with Crippen LogP contribution in [0.5, 0.6) is 5.75 Å². The molecule has 0 spiro atoms. The molecule has 8 heteroatoms. The molecule has 3 heterocycles. The summed E-state index contributed by atoms with van der Waals surface area (Å²) in [5.74, 6) is 0.537. The van der Waals surface area contributed by atoms with Crippen molar-refractivity contribution in [2.24, 2.45) is 0 Å². The summed E-state index contributed by atoms with van der Waals surface area (Å²) >= 11 is 1.43. The van der Waals surface area contributed by atoms with Crippen LogP contribution in [0.1, 0.15) is 22.5 Å². The van der Waals surface area contributed by atoms with Gasteiger partial charge in [0.05, 0.1) is 17.7 Å². The van der Waals surface area contributed by atoms with Crippen molar-refractivity contribution >= 4 is 23.1 Å². The van der Waals surface area contributed by atoms with Gasteiger partial charge in [0.1, 0.15) is 11.6 Å². The third-order valence-corrected chi connectivity index (χ3v) is 6.04. The van der Waals surface area contributed by atoms with Gasteiger partial charge in [-0.2, -0.15) is 0 Å². The highest BCUT2D eigenvalue weighted by molar-refractivity contribution is 7.12. The number of piperidine rings is 1. The van der Waals surface area contributed by atoms with Crippen LogP contribution in [0, 0.1) is 5.82 Å². The summed E-state index contributed by atoms with van der Waals surface area (Å²) in [5.41, 5.74) is 0.542. The Bertz CT molecular complexity index is 980. The number of aromatic nitrogens is 2. The number of thiophene rings is 1. The molecule has 1 fully saturated rings. The number of ether oxygens (including phenoxy) is 1. The van der Waals surface area contributed by atoms with Crippen molar-refractivity contribution in [2.45, 2.75) is 18.9 Å². The standard InChI is InChI=1S/C21H23FN4O2S/c1-24-8-5-16(6-9-24)26(21(27)19-4-3-11-29-19)20-7-10-25(23-20)17-12-15(22)13-18(14-17)28-2/h3-4,7,10-14,16H,5-6,8-9H2,1-2H3. The summed E-state index contributed by atoms with van der Waals surface area (Å²) in [6, 6.07) is 10.0. The lowest BCUT2D eigenvalue weighted by Gasteiger charge is -2.36. The Morgan fingerprint density at radius 3 is 2.76 bits per heavy atom. The van der Waals surface area contributed by atoms with Crippen LogP contribution < -0.4 is 9.64 Å². The number of rotatable bonds is 5. The maximum atomic E-state index is 13.9. The Labute approximate surface area is 173 Å². The summed E-state index contributed by atoms with van der Waals surface area (Å²) in [6.07, 6.45) is 3.51. The van der Waals surface area contributed by atoms with Crippen molar-refractivity contribution in [3.8, 4) is 11.4 Å². The second-order valence-corrected chi connectivity index (χ2v) is 8.10. The first-order valence-corrected chi connectivity index (χ1v) is 10.4. The maximum absolute atomic E-state index is 13.9. The molecule has 0 atom stereocenters. The average molecular weight is 415 g/mol. The summed E-state index contributed by atoms with van der Waals surface area (Å²) in [7, 11) is 3.59. The molecule has 0 aliphatic carbocycles. The molecule has 3 aromatic rings. The van der Waals surface area contributed by atoms with Crippen LogP contribution in [0.15, 0.2) is 48.0 Å². The minimum absolute atomic E-state index is 0.0448. The van der Waals surface area contributed by atoms with E-state index in [-0.39, 0.29) is 11.9 Å². The highest BCUT2D eigenvalue weighted by atomic mass is 32.1. The number of carbonyl (C=O) groups excluding carboxylic acids is 1. The zero-order chi connectivity index (χ0) is 20.4. The number of hydrogen-bond donors (Lipinski definition) is 0. The van der Waals surface area contributed by atoms with Gasteiger partial charge in [0.2, 0.25) is 0 Å². The highest BCUT2D eigenvalue weighted by Gasteiger charge is 2.31. The molecule has 1 saturated heterocycles. The van der Waals surface area contributed by atoms with Gasteiger partial charge in [0, 0.05) is 30.4 Å². The van der Waals surface area contributed by atoms with Crippen molar-refractivity contribution in [3.05, 3.63) is 58.7 Å². The normalized spacial score (nSPS) is 15.4. The number of halogens is 1. The maximum Gasteiger partial charge on any atom is 0.269 e. The van der Waals surface area contributed by atoms with Crippen molar-refractivity contribution in [3.63, 3.8) is 0 Å². The van der Waals surface area contributed by atoms with Crippen molar-refractivity contribution in [2.75, 3.05) is 32.1 Å². The van der Waals surface area contributed by atoms with Crippen molar-refractivity contribution < 1.29 is 13.9 Å². The number of anilines is 1. The van der Waals surface area contributed by atoms with E-state index in [1.54, 1.807) is 27.9 Å². The molecular formula is C21H23FN4O2S. The van der Waals surface area contributed by atoms with Crippen LogP contribution >= 0.6 is 11.3 Å². The summed E-state index contributed by atoms with van der Waals surface area (Å²) < 4.78 is 20.6.